The molecule has 2 fully saturated rings. The summed E-state index contributed by atoms with van der Waals surface area (Å²) in [5.41, 5.74) is 3.95. The average molecular weight is 441 g/mol. The van der Waals surface area contributed by atoms with Gasteiger partial charge in [-0.25, -0.2) is 14.4 Å². The molecule has 2 aliphatic heterocycles. The van der Waals surface area contributed by atoms with Crippen LogP contribution in [0.3, 0.4) is 0 Å². The molecule has 4 aromatic rings. The first-order valence-corrected chi connectivity index (χ1v) is 11.8. The summed E-state index contributed by atoms with van der Waals surface area (Å²) >= 11 is 3.20. The van der Waals surface area contributed by atoms with Crippen LogP contribution >= 0.6 is 22.7 Å². The molecule has 2 aliphatic rings. The van der Waals surface area contributed by atoms with Gasteiger partial charge in [-0.15, -0.1) is 22.7 Å². The fourth-order valence-corrected chi connectivity index (χ4v) is 6.95. The van der Waals surface area contributed by atoms with Crippen molar-refractivity contribution in [3.63, 3.8) is 0 Å². The molecule has 0 saturated carbocycles. The van der Waals surface area contributed by atoms with Gasteiger partial charge in [0.1, 0.15) is 10.6 Å². The van der Waals surface area contributed by atoms with Crippen LogP contribution in [0.25, 0.3) is 20.4 Å². The van der Waals surface area contributed by atoms with Gasteiger partial charge in [0.15, 0.2) is 0 Å². The van der Waals surface area contributed by atoms with E-state index < -0.39 is 0 Å². The number of thiazole rings is 1. The third kappa shape index (κ3) is 2.78. The van der Waals surface area contributed by atoms with Gasteiger partial charge in [-0.05, 0) is 50.7 Å². The molecular formula is C22H21FN4OS2. The van der Waals surface area contributed by atoms with Crippen molar-refractivity contribution >= 4 is 54.5 Å². The predicted molar refractivity (Wildman–Crippen MR) is 121 cm³/mol. The summed E-state index contributed by atoms with van der Waals surface area (Å²) in [5.74, 6) is 0.173. The first-order chi connectivity index (χ1) is 14.6. The Morgan fingerprint density at radius 3 is 3.07 bits per heavy atom. The zero-order valence-electron chi connectivity index (χ0n) is 16.5. The SMILES string of the molecule is CN1CC[C@@H](c2cc3c(Nc4cc5ncsc5cc4F)ccnc3s2)[C@@]12CCOC2. The number of hydrogen-bond acceptors (Lipinski definition) is 7. The molecule has 0 aliphatic carbocycles. The number of rotatable bonds is 3. The molecule has 30 heavy (non-hydrogen) atoms. The van der Waals surface area contributed by atoms with Crippen LogP contribution in [-0.2, 0) is 4.74 Å². The molecule has 5 heterocycles. The minimum atomic E-state index is -0.272. The molecule has 1 N–H and O–H groups in total. The number of halogens is 1. The number of aromatic nitrogens is 2. The Hall–Kier alpha value is -2.13. The number of likely N-dealkylation sites (N-methyl/N-ethyl adjacent to an activating group) is 1. The van der Waals surface area contributed by atoms with Gasteiger partial charge < -0.3 is 10.1 Å². The van der Waals surface area contributed by atoms with Gasteiger partial charge in [0, 0.05) is 29.0 Å². The standard InChI is InChI=1S/C22H21FN4OS2/c1-27-6-3-14(22(27)4-7-28-11-22)19-8-13-16(2-5-24-21(13)30-19)26-17-10-18-20(9-15(17)23)29-12-25-18/h2,5,8-10,12,14H,3-4,6-7,11H2,1H3,(H,24,26)/t14-,22-/m0/s1. The van der Waals surface area contributed by atoms with Crippen LogP contribution in [0.2, 0.25) is 0 Å². The van der Waals surface area contributed by atoms with Crippen molar-refractivity contribution in [2.75, 3.05) is 32.1 Å². The summed E-state index contributed by atoms with van der Waals surface area (Å²) in [6.45, 7) is 2.70. The fraction of sp³-hybridized carbons (Fsp3) is 0.364. The molecule has 1 spiro atoms. The molecule has 0 radical (unpaired) electrons. The van der Waals surface area contributed by atoms with Crippen LogP contribution in [0.15, 0.2) is 36.0 Å². The maximum absolute atomic E-state index is 14.7. The Morgan fingerprint density at radius 1 is 1.27 bits per heavy atom. The van der Waals surface area contributed by atoms with Crippen LogP contribution in [0.1, 0.15) is 23.6 Å². The third-order valence-electron chi connectivity index (χ3n) is 6.68. The first kappa shape index (κ1) is 18.6. The highest BCUT2D eigenvalue weighted by Gasteiger charge is 2.50. The normalized spacial score (nSPS) is 24.5. The highest BCUT2D eigenvalue weighted by atomic mass is 32.1. The van der Waals surface area contributed by atoms with Crippen molar-refractivity contribution in [3.05, 3.63) is 46.7 Å². The molecule has 154 valence electrons. The minimum absolute atomic E-state index is 0.0935. The maximum Gasteiger partial charge on any atom is 0.148 e. The maximum atomic E-state index is 14.7. The van der Waals surface area contributed by atoms with E-state index in [1.54, 1.807) is 35.2 Å². The summed E-state index contributed by atoms with van der Waals surface area (Å²) in [7, 11) is 2.21. The Morgan fingerprint density at radius 2 is 2.20 bits per heavy atom. The molecule has 1 aromatic carbocycles. The van der Waals surface area contributed by atoms with Crippen molar-refractivity contribution in [1.82, 2.24) is 14.9 Å². The number of pyridine rings is 1. The number of anilines is 2. The third-order valence-corrected chi connectivity index (χ3v) is 8.63. The lowest BCUT2D eigenvalue weighted by atomic mass is 9.83. The van der Waals surface area contributed by atoms with Crippen molar-refractivity contribution < 1.29 is 9.13 Å². The van der Waals surface area contributed by atoms with E-state index in [1.807, 2.05) is 6.07 Å². The average Bonchev–Trinajstić information content (AvgIpc) is 3.51. The van der Waals surface area contributed by atoms with E-state index in [9.17, 15) is 4.39 Å². The van der Waals surface area contributed by atoms with E-state index in [4.69, 9.17) is 4.74 Å². The molecule has 0 bridgehead atoms. The number of hydrogen-bond donors (Lipinski definition) is 1. The minimum Gasteiger partial charge on any atom is -0.379 e. The van der Waals surface area contributed by atoms with Gasteiger partial charge in [-0.2, -0.15) is 0 Å². The molecule has 0 amide bonds. The zero-order valence-corrected chi connectivity index (χ0v) is 18.2. The number of likely N-dealkylation sites (tertiary alicyclic amines) is 1. The largest absolute Gasteiger partial charge is 0.379 e. The van der Waals surface area contributed by atoms with Gasteiger partial charge >= 0.3 is 0 Å². The van der Waals surface area contributed by atoms with Gasteiger partial charge in [0.2, 0.25) is 0 Å². The van der Waals surface area contributed by atoms with Crippen molar-refractivity contribution in [2.45, 2.75) is 24.3 Å². The summed E-state index contributed by atoms with van der Waals surface area (Å²) < 4.78 is 21.3. The summed E-state index contributed by atoms with van der Waals surface area (Å²) in [6.07, 6.45) is 3.99. The molecule has 3 aromatic heterocycles. The van der Waals surface area contributed by atoms with E-state index in [0.29, 0.717) is 11.6 Å². The molecular weight excluding hydrogens is 419 g/mol. The van der Waals surface area contributed by atoms with Gasteiger partial charge in [0.25, 0.3) is 0 Å². The Balaban J connectivity index is 1.39. The topological polar surface area (TPSA) is 50.3 Å². The molecule has 2 saturated heterocycles. The summed E-state index contributed by atoms with van der Waals surface area (Å²) in [6, 6.07) is 7.49. The van der Waals surface area contributed by atoms with E-state index >= 15 is 0 Å². The highest BCUT2D eigenvalue weighted by molar-refractivity contribution is 7.18. The highest BCUT2D eigenvalue weighted by Crippen LogP contribution is 2.49. The fourth-order valence-electron chi connectivity index (χ4n) is 4.99. The lowest BCUT2D eigenvalue weighted by Crippen LogP contribution is -2.45. The first-order valence-electron chi connectivity index (χ1n) is 10.1. The quantitative estimate of drug-likeness (QED) is 0.464. The van der Waals surface area contributed by atoms with Gasteiger partial charge in [-0.1, -0.05) is 0 Å². The van der Waals surface area contributed by atoms with Crippen LogP contribution in [0.5, 0.6) is 0 Å². The van der Waals surface area contributed by atoms with Crippen LogP contribution in [0.4, 0.5) is 15.8 Å². The molecule has 6 rings (SSSR count). The molecule has 2 atom stereocenters. The Bertz CT molecular complexity index is 1250. The zero-order chi connectivity index (χ0) is 20.3. The molecule has 8 heteroatoms. The number of fused-ring (bicyclic) bond motifs is 2. The number of ether oxygens (including phenoxy) is 1. The molecule has 5 nitrogen and oxygen atoms in total. The second kappa shape index (κ2) is 6.95. The summed E-state index contributed by atoms with van der Waals surface area (Å²) in [4.78, 5) is 13.7. The van der Waals surface area contributed by atoms with E-state index in [1.165, 1.54) is 16.2 Å². The van der Waals surface area contributed by atoms with Crippen LogP contribution in [-0.4, -0.2) is 47.2 Å². The smallest absolute Gasteiger partial charge is 0.148 e. The lowest BCUT2D eigenvalue weighted by molar-refractivity contribution is 0.111. The molecule has 0 unspecified atom stereocenters. The van der Waals surface area contributed by atoms with Crippen molar-refractivity contribution in [3.8, 4) is 0 Å². The predicted octanol–water partition coefficient (Wildman–Crippen LogP) is 5.37. The number of nitrogens with one attached hydrogen (secondary N) is 1. The summed E-state index contributed by atoms with van der Waals surface area (Å²) in [5, 5.41) is 4.33. The van der Waals surface area contributed by atoms with Crippen molar-refractivity contribution in [2.24, 2.45) is 0 Å². The van der Waals surface area contributed by atoms with Gasteiger partial charge in [-0.3, -0.25) is 4.90 Å². The Labute approximate surface area is 181 Å². The van der Waals surface area contributed by atoms with Crippen LogP contribution < -0.4 is 5.32 Å². The van der Waals surface area contributed by atoms with Crippen LogP contribution in [0, 0.1) is 5.82 Å². The number of thiophene rings is 1. The Kier molecular flexibility index (Phi) is 4.31. The number of nitrogens with zero attached hydrogens (tertiary/aromatic N) is 3. The van der Waals surface area contributed by atoms with Crippen molar-refractivity contribution in [1.29, 1.82) is 0 Å². The monoisotopic (exact) mass is 440 g/mol. The van der Waals surface area contributed by atoms with E-state index in [-0.39, 0.29) is 11.4 Å². The second-order valence-electron chi connectivity index (χ2n) is 8.17. The number of benzene rings is 1. The van der Waals surface area contributed by atoms with Gasteiger partial charge in [0.05, 0.1) is 39.2 Å². The van der Waals surface area contributed by atoms with E-state index in [2.05, 4.69) is 33.3 Å². The van der Waals surface area contributed by atoms with E-state index in [0.717, 1.165) is 58.7 Å². The second-order valence-corrected chi connectivity index (χ2v) is 10.1. The lowest BCUT2D eigenvalue weighted by Gasteiger charge is -2.35.